The molecule has 0 N–H and O–H groups in total. The molecular formula is C14H16O3. The molecule has 1 atom stereocenters. The minimum Gasteiger partial charge on any atom is -0.487 e. The maximum absolute atomic E-state index is 11.5. The second-order valence-electron chi connectivity index (χ2n) is 5.50. The molecule has 0 radical (unpaired) electrons. The van der Waals surface area contributed by atoms with E-state index in [1.54, 1.807) is 0 Å². The van der Waals surface area contributed by atoms with Crippen LogP contribution in [-0.2, 0) is 15.1 Å². The van der Waals surface area contributed by atoms with Gasteiger partial charge in [-0.05, 0) is 19.9 Å². The second kappa shape index (κ2) is 3.25. The zero-order valence-corrected chi connectivity index (χ0v) is 10.2. The predicted molar refractivity (Wildman–Crippen MR) is 62.8 cm³/mol. The first-order chi connectivity index (χ1) is 8.01. The molecule has 0 saturated carbocycles. The van der Waals surface area contributed by atoms with Gasteiger partial charge in [-0.1, -0.05) is 18.2 Å². The summed E-state index contributed by atoms with van der Waals surface area (Å²) in [6, 6.07) is 7.87. The van der Waals surface area contributed by atoms with E-state index in [0.717, 1.165) is 24.2 Å². The van der Waals surface area contributed by atoms with Crippen LogP contribution in [0.1, 0.15) is 38.7 Å². The Morgan fingerprint density at radius 3 is 2.65 bits per heavy atom. The quantitative estimate of drug-likeness (QED) is 0.645. The van der Waals surface area contributed by atoms with E-state index in [-0.39, 0.29) is 11.6 Å². The number of carbonyl (C=O) groups is 1. The number of benzene rings is 1. The number of carbonyl (C=O) groups excluding carboxylic acids is 1. The number of ether oxygens (including phenoxy) is 2. The van der Waals surface area contributed by atoms with Crippen molar-refractivity contribution >= 4 is 5.97 Å². The van der Waals surface area contributed by atoms with Crippen LogP contribution in [0.15, 0.2) is 24.3 Å². The van der Waals surface area contributed by atoms with Crippen molar-refractivity contribution in [3.8, 4) is 5.75 Å². The van der Waals surface area contributed by atoms with Crippen LogP contribution >= 0.6 is 0 Å². The van der Waals surface area contributed by atoms with Crippen molar-refractivity contribution < 1.29 is 14.3 Å². The smallest absolute Gasteiger partial charge is 0.306 e. The molecule has 3 rings (SSSR count). The maximum atomic E-state index is 11.5. The van der Waals surface area contributed by atoms with Crippen molar-refractivity contribution in [2.45, 2.75) is 44.3 Å². The minimum absolute atomic E-state index is 0.0995. The summed E-state index contributed by atoms with van der Waals surface area (Å²) in [7, 11) is 0. The first-order valence-corrected chi connectivity index (χ1v) is 6.01. The Morgan fingerprint density at radius 2 is 1.94 bits per heavy atom. The Morgan fingerprint density at radius 1 is 1.18 bits per heavy atom. The van der Waals surface area contributed by atoms with Crippen molar-refractivity contribution in [2.24, 2.45) is 0 Å². The van der Waals surface area contributed by atoms with Gasteiger partial charge in [-0.25, -0.2) is 0 Å². The Kier molecular flexibility index (Phi) is 2.03. The lowest BCUT2D eigenvalue weighted by molar-refractivity contribution is -0.155. The van der Waals surface area contributed by atoms with Gasteiger partial charge in [0.05, 0.1) is 0 Å². The van der Waals surface area contributed by atoms with Gasteiger partial charge in [-0.15, -0.1) is 0 Å². The molecule has 1 aromatic rings. The summed E-state index contributed by atoms with van der Waals surface area (Å²) < 4.78 is 11.6. The summed E-state index contributed by atoms with van der Waals surface area (Å²) in [5.74, 6) is 0.746. The van der Waals surface area contributed by atoms with E-state index < -0.39 is 5.60 Å². The molecule has 1 spiro atoms. The number of hydrogen-bond donors (Lipinski definition) is 0. The van der Waals surface area contributed by atoms with Crippen LogP contribution in [0.4, 0.5) is 0 Å². The number of esters is 1. The summed E-state index contributed by atoms with van der Waals surface area (Å²) in [4.78, 5) is 11.5. The monoisotopic (exact) mass is 232 g/mol. The molecule has 3 nitrogen and oxygen atoms in total. The van der Waals surface area contributed by atoms with E-state index in [0.29, 0.717) is 6.42 Å². The molecule has 0 aromatic heterocycles. The average Bonchev–Trinajstić information content (AvgIpc) is 2.59. The van der Waals surface area contributed by atoms with Gasteiger partial charge in [-0.2, -0.15) is 0 Å². The minimum atomic E-state index is -0.463. The third kappa shape index (κ3) is 1.61. The van der Waals surface area contributed by atoms with Crippen molar-refractivity contribution in [1.82, 2.24) is 0 Å². The van der Waals surface area contributed by atoms with Crippen molar-refractivity contribution in [2.75, 3.05) is 0 Å². The fourth-order valence-corrected chi connectivity index (χ4v) is 2.99. The van der Waals surface area contributed by atoms with Gasteiger partial charge in [0.1, 0.15) is 17.0 Å². The number of hydrogen-bond acceptors (Lipinski definition) is 3. The predicted octanol–water partition coefficient (Wildman–Crippen LogP) is 2.78. The second-order valence-corrected chi connectivity index (χ2v) is 5.50. The zero-order valence-electron chi connectivity index (χ0n) is 10.2. The van der Waals surface area contributed by atoms with Crippen LogP contribution < -0.4 is 4.74 Å². The van der Waals surface area contributed by atoms with Crippen LogP contribution in [0.25, 0.3) is 0 Å². The Labute approximate surface area is 101 Å². The van der Waals surface area contributed by atoms with Crippen LogP contribution in [-0.4, -0.2) is 11.6 Å². The van der Waals surface area contributed by atoms with Gasteiger partial charge in [-0.3, -0.25) is 4.79 Å². The number of fused-ring (bicyclic) bond motifs is 2. The third-order valence-corrected chi connectivity index (χ3v) is 3.52. The molecule has 1 fully saturated rings. The van der Waals surface area contributed by atoms with E-state index in [9.17, 15) is 4.79 Å². The van der Waals surface area contributed by atoms with E-state index in [1.165, 1.54) is 0 Å². The van der Waals surface area contributed by atoms with Gasteiger partial charge >= 0.3 is 5.97 Å². The maximum Gasteiger partial charge on any atom is 0.306 e. The molecule has 1 aromatic carbocycles. The topological polar surface area (TPSA) is 35.5 Å². The first-order valence-electron chi connectivity index (χ1n) is 6.01. The molecule has 3 heteroatoms. The third-order valence-electron chi connectivity index (χ3n) is 3.52. The molecule has 0 amide bonds. The van der Waals surface area contributed by atoms with Gasteiger partial charge in [0, 0.05) is 24.8 Å². The molecule has 90 valence electrons. The Hall–Kier alpha value is -1.51. The van der Waals surface area contributed by atoms with Gasteiger partial charge < -0.3 is 9.47 Å². The van der Waals surface area contributed by atoms with Crippen molar-refractivity contribution in [1.29, 1.82) is 0 Å². The SMILES string of the molecule is CC1(C)CC2(CCC(=O)O2)c2ccccc2O1. The van der Waals surface area contributed by atoms with E-state index in [4.69, 9.17) is 9.47 Å². The summed E-state index contributed by atoms with van der Waals surface area (Å²) in [6.07, 6.45) is 1.99. The number of para-hydroxylation sites is 1. The highest BCUT2D eigenvalue weighted by Gasteiger charge is 2.51. The fraction of sp³-hybridized carbons (Fsp3) is 0.500. The molecule has 17 heavy (non-hydrogen) atoms. The standard InChI is InChI=1S/C14H16O3/c1-13(2)9-14(8-7-12(15)17-14)10-5-3-4-6-11(10)16-13/h3-6H,7-9H2,1-2H3. The largest absolute Gasteiger partial charge is 0.487 e. The average molecular weight is 232 g/mol. The summed E-state index contributed by atoms with van der Waals surface area (Å²) in [5.41, 5.74) is 0.263. The molecule has 0 aliphatic carbocycles. The highest BCUT2D eigenvalue weighted by Crippen LogP contribution is 2.50. The van der Waals surface area contributed by atoms with Crippen LogP contribution in [0.2, 0.25) is 0 Å². The van der Waals surface area contributed by atoms with Gasteiger partial charge in [0.15, 0.2) is 0 Å². The van der Waals surface area contributed by atoms with E-state index >= 15 is 0 Å². The molecular weight excluding hydrogens is 216 g/mol. The summed E-state index contributed by atoms with van der Waals surface area (Å²) in [6.45, 7) is 4.08. The van der Waals surface area contributed by atoms with Gasteiger partial charge in [0.2, 0.25) is 0 Å². The normalized spacial score (nSPS) is 29.6. The van der Waals surface area contributed by atoms with Crippen molar-refractivity contribution in [3.05, 3.63) is 29.8 Å². The fourth-order valence-electron chi connectivity index (χ4n) is 2.99. The van der Waals surface area contributed by atoms with Crippen LogP contribution in [0.5, 0.6) is 5.75 Å². The molecule has 2 aliphatic heterocycles. The van der Waals surface area contributed by atoms with E-state index in [1.807, 2.05) is 38.1 Å². The molecule has 1 unspecified atom stereocenters. The molecule has 2 aliphatic rings. The van der Waals surface area contributed by atoms with E-state index in [2.05, 4.69) is 0 Å². The van der Waals surface area contributed by atoms with Crippen LogP contribution in [0, 0.1) is 0 Å². The number of rotatable bonds is 0. The zero-order chi connectivity index (χ0) is 12.1. The first kappa shape index (κ1) is 10.6. The van der Waals surface area contributed by atoms with Gasteiger partial charge in [0.25, 0.3) is 0 Å². The molecule has 1 saturated heterocycles. The van der Waals surface area contributed by atoms with Crippen molar-refractivity contribution in [3.63, 3.8) is 0 Å². The Balaban J connectivity index is 2.13. The Bertz CT molecular complexity index is 478. The lowest BCUT2D eigenvalue weighted by Crippen LogP contribution is -2.44. The lowest BCUT2D eigenvalue weighted by Gasteiger charge is -2.42. The molecule has 2 heterocycles. The van der Waals surface area contributed by atoms with Crippen LogP contribution in [0.3, 0.4) is 0 Å². The summed E-state index contributed by atoms with van der Waals surface area (Å²) in [5, 5.41) is 0. The highest BCUT2D eigenvalue weighted by molar-refractivity contribution is 5.73. The highest BCUT2D eigenvalue weighted by atomic mass is 16.6. The molecule has 0 bridgehead atoms. The summed E-state index contributed by atoms with van der Waals surface area (Å²) >= 11 is 0. The lowest BCUT2D eigenvalue weighted by atomic mass is 9.79.